The van der Waals surface area contributed by atoms with E-state index in [-0.39, 0.29) is 11.6 Å². The number of anilines is 1. The van der Waals surface area contributed by atoms with E-state index in [0.717, 1.165) is 0 Å². The number of likely N-dealkylation sites (N-methyl/N-ethyl adjacent to an activating group) is 1. The van der Waals surface area contributed by atoms with E-state index in [0.29, 0.717) is 26.5 Å². The Labute approximate surface area is 177 Å². The van der Waals surface area contributed by atoms with Crippen molar-refractivity contribution in [3.63, 3.8) is 0 Å². The van der Waals surface area contributed by atoms with Gasteiger partial charge in [-0.1, -0.05) is 52.5 Å². The summed E-state index contributed by atoms with van der Waals surface area (Å²) in [7, 11) is 1.49. The SMILES string of the molecule is CC(Oc1ccc(Cl)cc1Cl)C(=O)N(C)CC(=O)Nc1c(Cl)cccc1Cl. The van der Waals surface area contributed by atoms with Crippen molar-refractivity contribution in [2.75, 3.05) is 18.9 Å². The summed E-state index contributed by atoms with van der Waals surface area (Å²) in [5.74, 6) is -0.526. The smallest absolute Gasteiger partial charge is 0.263 e. The fourth-order valence-electron chi connectivity index (χ4n) is 2.21. The van der Waals surface area contributed by atoms with Gasteiger partial charge in [0, 0.05) is 12.1 Å². The lowest BCUT2D eigenvalue weighted by atomic mass is 10.3. The number of halogens is 4. The van der Waals surface area contributed by atoms with Gasteiger partial charge in [0.2, 0.25) is 5.91 Å². The molecule has 2 rings (SSSR count). The molecule has 0 saturated heterocycles. The monoisotopic (exact) mass is 448 g/mol. The van der Waals surface area contributed by atoms with Crippen LogP contribution in [-0.4, -0.2) is 36.4 Å². The Morgan fingerprint density at radius 1 is 1.07 bits per heavy atom. The molecule has 1 N–H and O–H groups in total. The second-order valence-corrected chi connectivity index (χ2v) is 7.33. The quantitative estimate of drug-likeness (QED) is 0.662. The number of rotatable bonds is 6. The van der Waals surface area contributed by atoms with Crippen molar-refractivity contribution in [2.45, 2.75) is 13.0 Å². The highest BCUT2D eigenvalue weighted by molar-refractivity contribution is 6.39. The van der Waals surface area contributed by atoms with Crippen LogP contribution in [-0.2, 0) is 9.59 Å². The summed E-state index contributed by atoms with van der Waals surface area (Å²) in [6.45, 7) is 1.36. The molecule has 0 aliphatic rings. The summed E-state index contributed by atoms with van der Waals surface area (Å²) in [5, 5.41) is 3.95. The fraction of sp³-hybridized carbons (Fsp3) is 0.222. The number of hydrogen-bond donors (Lipinski definition) is 1. The fourth-order valence-corrected chi connectivity index (χ4v) is 3.16. The van der Waals surface area contributed by atoms with Crippen molar-refractivity contribution in [3.8, 4) is 5.75 Å². The maximum Gasteiger partial charge on any atom is 0.263 e. The molecular weight excluding hydrogens is 434 g/mol. The number of carbonyl (C=O) groups excluding carboxylic acids is 2. The van der Waals surface area contributed by atoms with Gasteiger partial charge in [0.15, 0.2) is 6.10 Å². The molecule has 1 atom stereocenters. The lowest BCUT2D eigenvalue weighted by molar-refractivity contribution is -0.139. The standard InChI is InChI=1S/C18H16Cl4N2O3/c1-10(27-15-7-6-11(19)8-14(15)22)18(26)24(2)9-16(25)23-17-12(20)4-3-5-13(17)21/h3-8,10H,9H2,1-2H3,(H,23,25). The van der Waals surface area contributed by atoms with Gasteiger partial charge in [-0.05, 0) is 37.3 Å². The topological polar surface area (TPSA) is 58.6 Å². The largest absolute Gasteiger partial charge is 0.479 e. The van der Waals surface area contributed by atoms with Gasteiger partial charge < -0.3 is 15.0 Å². The Bertz CT molecular complexity index is 840. The highest BCUT2D eigenvalue weighted by Gasteiger charge is 2.22. The molecule has 0 saturated carbocycles. The van der Waals surface area contributed by atoms with Crippen LogP contribution < -0.4 is 10.1 Å². The molecule has 27 heavy (non-hydrogen) atoms. The maximum absolute atomic E-state index is 12.4. The van der Waals surface area contributed by atoms with Crippen molar-refractivity contribution in [2.24, 2.45) is 0 Å². The third-order valence-electron chi connectivity index (χ3n) is 3.53. The molecule has 2 aromatic carbocycles. The van der Waals surface area contributed by atoms with E-state index in [2.05, 4.69) is 5.32 Å². The predicted molar refractivity (Wildman–Crippen MR) is 109 cm³/mol. The maximum atomic E-state index is 12.4. The van der Waals surface area contributed by atoms with E-state index < -0.39 is 17.9 Å². The molecule has 0 aromatic heterocycles. The Balaban J connectivity index is 1.96. The Morgan fingerprint density at radius 2 is 1.70 bits per heavy atom. The van der Waals surface area contributed by atoms with Crippen LogP contribution in [0.3, 0.4) is 0 Å². The third-order valence-corrected chi connectivity index (χ3v) is 4.69. The number of para-hydroxylation sites is 1. The Morgan fingerprint density at radius 3 is 2.30 bits per heavy atom. The molecular formula is C18H16Cl4N2O3. The zero-order valence-corrected chi connectivity index (χ0v) is 17.5. The predicted octanol–water partition coefficient (Wildman–Crippen LogP) is 5.16. The molecule has 0 radical (unpaired) electrons. The summed E-state index contributed by atoms with van der Waals surface area (Å²) in [4.78, 5) is 25.9. The Hall–Kier alpha value is -1.66. The van der Waals surface area contributed by atoms with E-state index in [1.165, 1.54) is 18.0 Å². The number of ether oxygens (including phenoxy) is 1. The van der Waals surface area contributed by atoms with E-state index in [1.54, 1.807) is 37.3 Å². The minimum absolute atomic E-state index is 0.206. The Kier molecular flexibility index (Phi) is 7.62. The summed E-state index contributed by atoms with van der Waals surface area (Å²) >= 11 is 23.9. The number of nitrogens with one attached hydrogen (secondary N) is 1. The van der Waals surface area contributed by atoms with Crippen LogP contribution >= 0.6 is 46.4 Å². The molecule has 0 bridgehead atoms. The number of carbonyl (C=O) groups is 2. The van der Waals surface area contributed by atoms with Crippen LogP contribution in [0.4, 0.5) is 5.69 Å². The van der Waals surface area contributed by atoms with Crippen LogP contribution in [0.5, 0.6) is 5.75 Å². The van der Waals surface area contributed by atoms with Gasteiger partial charge in [-0.2, -0.15) is 0 Å². The van der Waals surface area contributed by atoms with Gasteiger partial charge in [0.05, 0.1) is 27.3 Å². The number of hydrogen-bond acceptors (Lipinski definition) is 3. The molecule has 0 fully saturated rings. The van der Waals surface area contributed by atoms with Crippen LogP contribution in [0, 0.1) is 0 Å². The lowest BCUT2D eigenvalue weighted by Gasteiger charge is -2.22. The van der Waals surface area contributed by atoms with E-state index in [4.69, 9.17) is 51.1 Å². The molecule has 9 heteroatoms. The van der Waals surface area contributed by atoms with E-state index in [1.807, 2.05) is 0 Å². The van der Waals surface area contributed by atoms with Crippen molar-refractivity contribution in [1.82, 2.24) is 4.90 Å². The van der Waals surface area contributed by atoms with Gasteiger partial charge in [-0.3, -0.25) is 9.59 Å². The van der Waals surface area contributed by atoms with Gasteiger partial charge >= 0.3 is 0 Å². The minimum Gasteiger partial charge on any atom is -0.479 e. The molecule has 144 valence electrons. The minimum atomic E-state index is -0.856. The molecule has 2 amide bonds. The first-order valence-corrected chi connectivity index (χ1v) is 9.30. The molecule has 0 heterocycles. The molecule has 5 nitrogen and oxygen atoms in total. The summed E-state index contributed by atoms with van der Waals surface area (Å²) in [6.07, 6.45) is -0.856. The highest BCUT2D eigenvalue weighted by atomic mass is 35.5. The molecule has 0 aliphatic heterocycles. The van der Waals surface area contributed by atoms with Crippen molar-refractivity contribution < 1.29 is 14.3 Å². The average molecular weight is 450 g/mol. The van der Waals surface area contributed by atoms with Crippen LogP contribution in [0.25, 0.3) is 0 Å². The van der Waals surface area contributed by atoms with Gasteiger partial charge in [-0.25, -0.2) is 0 Å². The lowest BCUT2D eigenvalue weighted by Crippen LogP contribution is -2.42. The summed E-state index contributed by atoms with van der Waals surface area (Å²) in [5.41, 5.74) is 0.295. The van der Waals surface area contributed by atoms with E-state index in [9.17, 15) is 9.59 Å². The van der Waals surface area contributed by atoms with Gasteiger partial charge in [0.25, 0.3) is 5.91 Å². The zero-order valence-electron chi connectivity index (χ0n) is 14.4. The second kappa shape index (κ2) is 9.51. The van der Waals surface area contributed by atoms with Crippen molar-refractivity contribution in [3.05, 3.63) is 56.5 Å². The van der Waals surface area contributed by atoms with Crippen LogP contribution in [0.1, 0.15) is 6.92 Å². The number of amides is 2. The first kappa shape index (κ1) is 21.6. The molecule has 0 aliphatic carbocycles. The van der Waals surface area contributed by atoms with Crippen LogP contribution in [0.2, 0.25) is 20.1 Å². The van der Waals surface area contributed by atoms with Crippen molar-refractivity contribution in [1.29, 1.82) is 0 Å². The average Bonchev–Trinajstić information content (AvgIpc) is 2.60. The van der Waals surface area contributed by atoms with Crippen LogP contribution in [0.15, 0.2) is 36.4 Å². The summed E-state index contributed by atoms with van der Waals surface area (Å²) < 4.78 is 5.57. The first-order valence-electron chi connectivity index (χ1n) is 7.79. The second-order valence-electron chi connectivity index (χ2n) is 5.67. The van der Waals surface area contributed by atoms with E-state index >= 15 is 0 Å². The third kappa shape index (κ3) is 5.91. The molecule has 2 aromatic rings. The molecule has 0 spiro atoms. The van der Waals surface area contributed by atoms with Gasteiger partial charge in [0.1, 0.15) is 5.75 Å². The number of nitrogens with zero attached hydrogens (tertiary/aromatic N) is 1. The highest BCUT2D eigenvalue weighted by Crippen LogP contribution is 2.30. The van der Waals surface area contributed by atoms with Crippen molar-refractivity contribution >= 4 is 63.9 Å². The van der Waals surface area contributed by atoms with Gasteiger partial charge in [-0.15, -0.1) is 0 Å². The first-order chi connectivity index (χ1) is 12.7. The summed E-state index contributed by atoms with van der Waals surface area (Å²) in [6, 6.07) is 9.55. The molecule has 1 unspecified atom stereocenters. The number of benzene rings is 2. The normalized spacial score (nSPS) is 11.6. The zero-order chi connectivity index (χ0) is 20.1.